The molecule has 3 aromatic rings. The molecule has 0 atom stereocenters. The van der Waals surface area contributed by atoms with Crippen LogP contribution in [-0.4, -0.2) is 22.9 Å². The zero-order valence-electron chi connectivity index (χ0n) is 15.1. The highest BCUT2D eigenvalue weighted by molar-refractivity contribution is 6.14. The minimum Gasteiger partial charge on any atom is -0.346 e. The van der Waals surface area contributed by atoms with E-state index in [0.29, 0.717) is 24.3 Å². The third-order valence-corrected chi connectivity index (χ3v) is 4.73. The number of aryl methyl sites for hydroxylation is 1. The summed E-state index contributed by atoms with van der Waals surface area (Å²) in [6, 6.07) is 17.3. The molecule has 1 aromatic heterocycles. The van der Waals surface area contributed by atoms with Crippen molar-refractivity contribution in [3.8, 4) is 6.07 Å². The zero-order valence-corrected chi connectivity index (χ0v) is 15.1. The Morgan fingerprint density at radius 1 is 1.18 bits per heavy atom. The Morgan fingerprint density at radius 3 is 2.82 bits per heavy atom. The first kappa shape index (κ1) is 17.6. The Kier molecular flexibility index (Phi) is 4.65. The van der Waals surface area contributed by atoms with Gasteiger partial charge < -0.3 is 9.88 Å². The fraction of sp³-hybridized carbons (Fsp3) is 0.136. The van der Waals surface area contributed by atoms with E-state index < -0.39 is 0 Å². The van der Waals surface area contributed by atoms with Gasteiger partial charge in [-0.3, -0.25) is 14.5 Å². The molecular weight excluding hydrogens is 352 g/mol. The number of anilines is 2. The molecule has 1 N–H and O–H groups in total. The van der Waals surface area contributed by atoms with Crippen molar-refractivity contribution in [2.24, 2.45) is 0 Å². The molecule has 0 bridgehead atoms. The molecule has 2 amide bonds. The van der Waals surface area contributed by atoms with E-state index in [9.17, 15) is 9.59 Å². The molecule has 0 saturated carbocycles. The van der Waals surface area contributed by atoms with E-state index in [2.05, 4.69) is 11.4 Å². The van der Waals surface area contributed by atoms with Crippen LogP contribution in [-0.2, 0) is 16.1 Å². The van der Waals surface area contributed by atoms with Crippen molar-refractivity contribution in [3.05, 3.63) is 66.4 Å². The monoisotopic (exact) mass is 370 g/mol. The number of hydrogen-bond acceptors (Lipinski definition) is 3. The first-order chi connectivity index (χ1) is 13.7. The summed E-state index contributed by atoms with van der Waals surface area (Å²) in [5, 5.41) is 12.7. The summed E-state index contributed by atoms with van der Waals surface area (Å²) in [5.74, 6) is -0.468. The standard InChI is InChI=1S/C22H18N4O2/c23-12-5-13-25-14-16(17-6-1-3-8-19(17)25)10-11-22(28)26-15-21(27)24-18-7-2-4-9-20(18)26/h1-4,6-11,14H,5,13,15H2,(H,24,27). The Balaban J connectivity index is 1.64. The van der Waals surface area contributed by atoms with Gasteiger partial charge in [0.25, 0.3) is 5.91 Å². The van der Waals surface area contributed by atoms with Crippen LogP contribution in [0, 0.1) is 11.3 Å². The molecule has 0 spiro atoms. The Hall–Kier alpha value is -3.85. The maximum atomic E-state index is 12.8. The number of aromatic nitrogens is 1. The number of nitrogens with zero attached hydrogens (tertiary/aromatic N) is 3. The van der Waals surface area contributed by atoms with Gasteiger partial charge in [-0.2, -0.15) is 5.26 Å². The van der Waals surface area contributed by atoms with Gasteiger partial charge in [-0.25, -0.2) is 0 Å². The molecular formula is C22H18N4O2. The van der Waals surface area contributed by atoms with Gasteiger partial charge in [0.05, 0.1) is 23.9 Å². The van der Waals surface area contributed by atoms with E-state index in [1.807, 2.05) is 53.2 Å². The second kappa shape index (κ2) is 7.41. The lowest BCUT2D eigenvalue weighted by atomic mass is 10.1. The summed E-state index contributed by atoms with van der Waals surface area (Å²) in [5.41, 5.74) is 3.24. The molecule has 6 nitrogen and oxygen atoms in total. The van der Waals surface area contributed by atoms with Gasteiger partial charge in [-0.1, -0.05) is 30.3 Å². The maximum Gasteiger partial charge on any atom is 0.251 e. The summed E-state index contributed by atoms with van der Waals surface area (Å²) < 4.78 is 2.02. The molecule has 0 unspecified atom stereocenters. The fourth-order valence-electron chi connectivity index (χ4n) is 3.44. The lowest BCUT2D eigenvalue weighted by Gasteiger charge is -2.28. The topological polar surface area (TPSA) is 78.1 Å². The minimum absolute atomic E-state index is 0.00981. The van der Waals surface area contributed by atoms with Crippen LogP contribution in [0.2, 0.25) is 0 Å². The van der Waals surface area contributed by atoms with E-state index in [1.165, 1.54) is 11.0 Å². The number of para-hydroxylation sites is 3. The average molecular weight is 370 g/mol. The van der Waals surface area contributed by atoms with Gasteiger partial charge in [0.15, 0.2) is 0 Å². The fourth-order valence-corrected chi connectivity index (χ4v) is 3.44. The second-order valence-electron chi connectivity index (χ2n) is 6.53. The van der Waals surface area contributed by atoms with Gasteiger partial charge in [-0.15, -0.1) is 0 Å². The number of nitrogens with one attached hydrogen (secondary N) is 1. The van der Waals surface area contributed by atoms with Crippen LogP contribution in [0.25, 0.3) is 17.0 Å². The highest BCUT2D eigenvalue weighted by Crippen LogP contribution is 2.29. The summed E-state index contributed by atoms with van der Waals surface area (Å²) in [7, 11) is 0. The number of hydrogen-bond donors (Lipinski definition) is 1. The third-order valence-electron chi connectivity index (χ3n) is 4.73. The van der Waals surface area contributed by atoms with Crippen molar-refractivity contribution < 1.29 is 9.59 Å². The van der Waals surface area contributed by atoms with Crippen molar-refractivity contribution in [1.29, 1.82) is 5.26 Å². The largest absolute Gasteiger partial charge is 0.346 e. The molecule has 28 heavy (non-hydrogen) atoms. The number of nitriles is 1. The Labute approximate surface area is 162 Å². The maximum absolute atomic E-state index is 12.8. The van der Waals surface area contributed by atoms with Crippen LogP contribution in [0.15, 0.2) is 60.8 Å². The highest BCUT2D eigenvalue weighted by atomic mass is 16.2. The third kappa shape index (κ3) is 3.26. The molecule has 6 heteroatoms. The molecule has 0 aliphatic carbocycles. The molecule has 1 aliphatic heterocycles. The summed E-state index contributed by atoms with van der Waals surface area (Å²) in [4.78, 5) is 26.2. The molecule has 1 aliphatic rings. The van der Waals surface area contributed by atoms with Crippen LogP contribution in [0.3, 0.4) is 0 Å². The molecule has 2 aromatic carbocycles. The first-order valence-corrected chi connectivity index (χ1v) is 9.00. The molecule has 4 rings (SSSR count). The minimum atomic E-state index is -0.254. The lowest BCUT2D eigenvalue weighted by Crippen LogP contribution is -2.41. The van der Waals surface area contributed by atoms with E-state index in [1.54, 1.807) is 12.1 Å². The smallest absolute Gasteiger partial charge is 0.251 e. The molecule has 0 saturated heterocycles. The Morgan fingerprint density at radius 2 is 1.96 bits per heavy atom. The number of benzene rings is 2. The van der Waals surface area contributed by atoms with Gasteiger partial charge in [0, 0.05) is 35.3 Å². The Bertz CT molecular complexity index is 1140. The van der Waals surface area contributed by atoms with Crippen molar-refractivity contribution in [1.82, 2.24) is 4.57 Å². The van der Waals surface area contributed by atoms with Crippen molar-refractivity contribution in [3.63, 3.8) is 0 Å². The van der Waals surface area contributed by atoms with Crippen molar-refractivity contribution in [2.75, 3.05) is 16.8 Å². The number of amides is 2. The first-order valence-electron chi connectivity index (χ1n) is 9.00. The number of carbonyl (C=O) groups excluding carboxylic acids is 2. The van der Waals surface area contributed by atoms with E-state index in [0.717, 1.165) is 16.5 Å². The van der Waals surface area contributed by atoms with Crippen LogP contribution in [0.1, 0.15) is 12.0 Å². The van der Waals surface area contributed by atoms with Gasteiger partial charge in [0.2, 0.25) is 5.91 Å². The van der Waals surface area contributed by atoms with Crippen molar-refractivity contribution in [2.45, 2.75) is 13.0 Å². The quantitative estimate of drug-likeness (QED) is 0.714. The summed E-state index contributed by atoms with van der Waals surface area (Å²) in [6.07, 6.45) is 5.62. The summed E-state index contributed by atoms with van der Waals surface area (Å²) >= 11 is 0. The van der Waals surface area contributed by atoms with Crippen LogP contribution in [0.5, 0.6) is 0 Å². The number of fused-ring (bicyclic) bond motifs is 2. The predicted molar refractivity (Wildman–Crippen MR) is 109 cm³/mol. The molecule has 138 valence electrons. The molecule has 0 fully saturated rings. The van der Waals surface area contributed by atoms with Gasteiger partial charge >= 0.3 is 0 Å². The summed E-state index contributed by atoms with van der Waals surface area (Å²) in [6.45, 7) is 0.586. The number of rotatable bonds is 4. The number of carbonyl (C=O) groups is 2. The molecule has 2 heterocycles. The normalized spacial score (nSPS) is 13.4. The van der Waals surface area contributed by atoms with Crippen molar-refractivity contribution >= 4 is 40.2 Å². The van der Waals surface area contributed by atoms with E-state index in [-0.39, 0.29) is 18.4 Å². The van der Waals surface area contributed by atoms with Crippen LogP contribution in [0.4, 0.5) is 11.4 Å². The zero-order chi connectivity index (χ0) is 19.5. The van der Waals surface area contributed by atoms with Gasteiger partial charge in [0.1, 0.15) is 6.54 Å². The van der Waals surface area contributed by atoms with Crippen LogP contribution < -0.4 is 10.2 Å². The van der Waals surface area contributed by atoms with E-state index >= 15 is 0 Å². The predicted octanol–water partition coefficient (Wildman–Crippen LogP) is 3.55. The van der Waals surface area contributed by atoms with E-state index in [4.69, 9.17) is 5.26 Å². The molecule has 0 radical (unpaired) electrons. The van der Waals surface area contributed by atoms with Gasteiger partial charge in [-0.05, 0) is 24.3 Å². The average Bonchev–Trinajstić information content (AvgIpc) is 3.07. The highest BCUT2D eigenvalue weighted by Gasteiger charge is 2.25. The SMILES string of the molecule is N#CCCn1cc(C=CC(=O)N2CC(=O)Nc3ccccc32)c2ccccc21. The lowest BCUT2D eigenvalue weighted by molar-refractivity contribution is -0.119. The van der Waals surface area contributed by atoms with Crippen LogP contribution >= 0.6 is 0 Å². The second-order valence-corrected chi connectivity index (χ2v) is 6.53.